The van der Waals surface area contributed by atoms with Crippen LogP contribution in [-0.2, 0) is 0 Å². The van der Waals surface area contributed by atoms with Crippen LogP contribution in [0.4, 0.5) is 0 Å². The van der Waals surface area contributed by atoms with Gasteiger partial charge in [0.05, 0.1) is 0 Å². The maximum Gasteiger partial charge on any atom is 0.161 e. The zero-order valence-electron chi connectivity index (χ0n) is 12.8. The number of rotatable bonds is 6. The van der Waals surface area contributed by atoms with Gasteiger partial charge in [-0.3, -0.25) is 4.90 Å². The lowest BCUT2D eigenvalue weighted by atomic mass is 10.0. The highest BCUT2D eigenvalue weighted by molar-refractivity contribution is 5.44. The van der Waals surface area contributed by atoms with Crippen molar-refractivity contribution in [1.29, 1.82) is 0 Å². The Hall–Kier alpha value is -1.26. The van der Waals surface area contributed by atoms with Crippen molar-refractivity contribution in [3.63, 3.8) is 0 Å². The van der Waals surface area contributed by atoms with E-state index in [1.165, 1.54) is 5.56 Å². The van der Waals surface area contributed by atoms with Gasteiger partial charge in [0.15, 0.2) is 11.5 Å². The third-order valence-electron chi connectivity index (χ3n) is 4.10. The second kappa shape index (κ2) is 6.95. The van der Waals surface area contributed by atoms with Crippen LogP contribution >= 0.6 is 0 Å². The molecule has 0 bridgehead atoms. The molecule has 0 fully saturated rings. The lowest BCUT2D eigenvalue weighted by Crippen LogP contribution is -2.39. The molecule has 112 valence electrons. The second-order valence-corrected chi connectivity index (χ2v) is 5.24. The highest BCUT2D eigenvalue weighted by Gasteiger charge is 2.23. The van der Waals surface area contributed by atoms with Gasteiger partial charge in [0.1, 0.15) is 13.2 Å². The summed E-state index contributed by atoms with van der Waals surface area (Å²) in [6, 6.07) is 6.93. The highest BCUT2D eigenvalue weighted by Crippen LogP contribution is 2.34. The van der Waals surface area contributed by atoms with E-state index in [1.54, 1.807) is 0 Å². The van der Waals surface area contributed by atoms with E-state index in [0.717, 1.165) is 24.5 Å². The topological polar surface area (TPSA) is 47.7 Å². The van der Waals surface area contributed by atoms with E-state index in [2.05, 4.69) is 37.8 Å². The van der Waals surface area contributed by atoms with E-state index in [4.69, 9.17) is 15.2 Å². The van der Waals surface area contributed by atoms with Gasteiger partial charge < -0.3 is 15.2 Å². The molecule has 0 amide bonds. The molecule has 1 heterocycles. The first-order valence-corrected chi connectivity index (χ1v) is 7.56. The van der Waals surface area contributed by atoms with Gasteiger partial charge in [0.2, 0.25) is 0 Å². The maximum atomic E-state index is 6.04. The molecule has 2 rings (SSSR count). The fourth-order valence-corrected chi connectivity index (χ4v) is 2.80. The Morgan fingerprint density at radius 2 is 1.90 bits per heavy atom. The molecule has 0 aliphatic carbocycles. The Morgan fingerprint density at radius 3 is 2.50 bits per heavy atom. The summed E-state index contributed by atoms with van der Waals surface area (Å²) in [5.41, 5.74) is 7.24. The van der Waals surface area contributed by atoms with E-state index in [0.29, 0.717) is 25.8 Å². The fraction of sp³-hybridized carbons (Fsp3) is 0.625. The Balaban J connectivity index is 2.26. The molecule has 1 aromatic rings. The summed E-state index contributed by atoms with van der Waals surface area (Å²) in [4.78, 5) is 2.45. The quantitative estimate of drug-likeness (QED) is 0.869. The molecule has 2 atom stereocenters. The predicted octanol–water partition coefficient (Wildman–Crippen LogP) is 2.58. The lowest BCUT2D eigenvalue weighted by Gasteiger charge is -2.35. The Morgan fingerprint density at radius 1 is 1.20 bits per heavy atom. The molecule has 0 spiro atoms. The molecular formula is C16H26N2O2. The standard InChI is InChI=1S/C16H26N2O2/c1-4-12(3)18(5-2)14(11-17)13-6-7-15-16(10-13)20-9-8-19-15/h6-7,10,12,14H,4-5,8-9,11,17H2,1-3H3. The van der Waals surface area contributed by atoms with Crippen LogP contribution in [0.2, 0.25) is 0 Å². The monoisotopic (exact) mass is 278 g/mol. The summed E-state index contributed by atoms with van der Waals surface area (Å²) in [6.45, 7) is 9.50. The summed E-state index contributed by atoms with van der Waals surface area (Å²) in [7, 11) is 0. The van der Waals surface area contributed by atoms with Crippen molar-refractivity contribution < 1.29 is 9.47 Å². The second-order valence-electron chi connectivity index (χ2n) is 5.24. The van der Waals surface area contributed by atoms with Gasteiger partial charge in [-0.25, -0.2) is 0 Å². The zero-order chi connectivity index (χ0) is 14.5. The highest BCUT2D eigenvalue weighted by atomic mass is 16.6. The minimum Gasteiger partial charge on any atom is -0.486 e. The molecule has 1 aliphatic heterocycles. The van der Waals surface area contributed by atoms with Crippen molar-refractivity contribution in [2.24, 2.45) is 5.73 Å². The van der Waals surface area contributed by atoms with Crippen LogP contribution in [0.25, 0.3) is 0 Å². The average Bonchev–Trinajstić information content (AvgIpc) is 2.51. The van der Waals surface area contributed by atoms with Crippen LogP contribution in [0.3, 0.4) is 0 Å². The van der Waals surface area contributed by atoms with Gasteiger partial charge in [-0.05, 0) is 37.6 Å². The van der Waals surface area contributed by atoms with E-state index in [-0.39, 0.29) is 6.04 Å². The SMILES string of the molecule is CCC(C)N(CC)C(CN)c1ccc2c(c1)OCCO2. The number of ether oxygens (including phenoxy) is 2. The van der Waals surface area contributed by atoms with Gasteiger partial charge >= 0.3 is 0 Å². The molecule has 4 nitrogen and oxygen atoms in total. The minimum absolute atomic E-state index is 0.228. The van der Waals surface area contributed by atoms with Crippen molar-refractivity contribution in [3.05, 3.63) is 23.8 Å². The van der Waals surface area contributed by atoms with E-state index in [1.807, 2.05) is 6.07 Å². The number of likely N-dealkylation sites (N-methyl/N-ethyl adjacent to an activating group) is 1. The molecule has 0 saturated carbocycles. The number of nitrogens with two attached hydrogens (primary N) is 1. The van der Waals surface area contributed by atoms with Crippen molar-refractivity contribution >= 4 is 0 Å². The van der Waals surface area contributed by atoms with Crippen LogP contribution in [-0.4, -0.2) is 37.2 Å². The van der Waals surface area contributed by atoms with Gasteiger partial charge in [-0.2, -0.15) is 0 Å². The fourth-order valence-electron chi connectivity index (χ4n) is 2.80. The van der Waals surface area contributed by atoms with E-state index in [9.17, 15) is 0 Å². The number of nitrogens with zero attached hydrogens (tertiary/aromatic N) is 1. The molecular weight excluding hydrogens is 252 g/mol. The van der Waals surface area contributed by atoms with Crippen molar-refractivity contribution in [2.45, 2.75) is 39.3 Å². The van der Waals surface area contributed by atoms with Crippen molar-refractivity contribution in [2.75, 3.05) is 26.3 Å². The lowest BCUT2D eigenvalue weighted by molar-refractivity contribution is 0.149. The molecule has 2 N–H and O–H groups in total. The maximum absolute atomic E-state index is 6.04. The van der Waals surface area contributed by atoms with Crippen molar-refractivity contribution in [3.8, 4) is 11.5 Å². The summed E-state index contributed by atoms with van der Waals surface area (Å²) in [5, 5.41) is 0. The number of benzene rings is 1. The smallest absolute Gasteiger partial charge is 0.161 e. The van der Waals surface area contributed by atoms with E-state index < -0.39 is 0 Å². The third-order valence-corrected chi connectivity index (χ3v) is 4.10. The summed E-state index contributed by atoms with van der Waals surface area (Å²) in [5.74, 6) is 1.68. The molecule has 0 radical (unpaired) electrons. The zero-order valence-corrected chi connectivity index (χ0v) is 12.8. The normalized spacial score (nSPS) is 17.1. The largest absolute Gasteiger partial charge is 0.486 e. The summed E-state index contributed by atoms with van der Waals surface area (Å²) in [6.07, 6.45) is 1.12. The number of fused-ring (bicyclic) bond motifs is 1. The molecule has 4 heteroatoms. The first-order chi connectivity index (χ1) is 9.71. The molecule has 1 aliphatic rings. The summed E-state index contributed by atoms with van der Waals surface area (Å²) >= 11 is 0. The third kappa shape index (κ3) is 3.07. The first-order valence-electron chi connectivity index (χ1n) is 7.56. The molecule has 2 unspecified atom stereocenters. The Bertz CT molecular complexity index is 436. The van der Waals surface area contributed by atoms with Gasteiger partial charge in [0.25, 0.3) is 0 Å². The Labute approximate surface area is 121 Å². The van der Waals surface area contributed by atoms with Crippen LogP contribution < -0.4 is 15.2 Å². The van der Waals surface area contributed by atoms with E-state index >= 15 is 0 Å². The van der Waals surface area contributed by atoms with Crippen LogP contribution in [0.15, 0.2) is 18.2 Å². The summed E-state index contributed by atoms with van der Waals surface area (Å²) < 4.78 is 11.3. The molecule has 20 heavy (non-hydrogen) atoms. The Kier molecular flexibility index (Phi) is 5.26. The average molecular weight is 278 g/mol. The van der Waals surface area contributed by atoms with Crippen LogP contribution in [0.1, 0.15) is 38.8 Å². The first kappa shape index (κ1) is 15.1. The van der Waals surface area contributed by atoms with Gasteiger partial charge in [0, 0.05) is 18.6 Å². The number of hydrogen-bond donors (Lipinski definition) is 1. The predicted molar refractivity (Wildman–Crippen MR) is 81.4 cm³/mol. The van der Waals surface area contributed by atoms with Crippen molar-refractivity contribution in [1.82, 2.24) is 4.90 Å². The molecule has 1 aromatic carbocycles. The van der Waals surface area contributed by atoms with Crippen LogP contribution in [0, 0.1) is 0 Å². The van der Waals surface area contributed by atoms with Gasteiger partial charge in [-0.15, -0.1) is 0 Å². The molecule has 0 aromatic heterocycles. The number of hydrogen-bond acceptors (Lipinski definition) is 4. The molecule has 0 saturated heterocycles. The van der Waals surface area contributed by atoms with Gasteiger partial charge in [-0.1, -0.05) is 19.9 Å². The van der Waals surface area contributed by atoms with Crippen LogP contribution in [0.5, 0.6) is 11.5 Å². The minimum atomic E-state index is 0.228.